The number of nitrogens with one attached hydrogen (secondary N) is 2. The van der Waals surface area contributed by atoms with E-state index in [4.69, 9.17) is 34.8 Å². The fraction of sp³-hybridized carbons (Fsp3) is 0.133. The van der Waals surface area contributed by atoms with E-state index in [1.165, 1.54) is 12.1 Å². The topological polar surface area (TPSA) is 61.4 Å². The van der Waals surface area contributed by atoms with E-state index in [0.29, 0.717) is 6.07 Å². The Labute approximate surface area is 151 Å². The van der Waals surface area contributed by atoms with E-state index in [0.717, 1.165) is 12.1 Å². The SMILES string of the molecule is O=C(NC[C@H](O)c1ccc(F)cc1F)Nc1cc(Cl)c(Cl)cc1Cl. The normalized spacial score (nSPS) is 11.9. The third-order valence-electron chi connectivity index (χ3n) is 3.04. The van der Waals surface area contributed by atoms with E-state index in [9.17, 15) is 18.7 Å². The molecule has 2 aromatic rings. The summed E-state index contributed by atoms with van der Waals surface area (Å²) in [4.78, 5) is 11.8. The minimum atomic E-state index is -1.35. The molecule has 0 aliphatic heterocycles. The molecule has 0 radical (unpaired) electrons. The molecule has 2 aromatic carbocycles. The Morgan fingerprint density at radius 3 is 2.42 bits per heavy atom. The van der Waals surface area contributed by atoms with Gasteiger partial charge in [0.1, 0.15) is 11.6 Å². The number of urea groups is 1. The van der Waals surface area contributed by atoms with E-state index >= 15 is 0 Å². The first kappa shape index (κ1) is 18.7. The van der Waals surface area contributed by atoms with Crippen LogP contribution in [0.1, 0.15) is 11.7 Å². The molecule has 128 valence electrons. The molecule has 0 saturated carbocycles. The van der Waals surface area contributed by atoms with Gasteiger partial charge >= 0.3 is 6.03 Å². The van der Waals surface area contributed by atoms with Crippen molar-refractivity contribution in [1.29, 1.82) is 0 Å². The molecule has 0 spiro atoms. The van der Waals surface area contributed by atoms with E-state index in [-0.39, 0.29) is 32.9 Å². The highest BCUT2D eigenvalue weighted by atomic mass is 35.5. The monoisotopic (exact) mass is 394 g/mol. The number of aliphatic hydroxyl groups is 1. The van der Waals surface area contributed by atoms with Gasteiger partial charge in [0.2, 0.25) is 0 Å². The maximum atomic E-state index is 13.5. The molecule has 0 aromatic heterocycles. The zero-order chi connectivity index (χ0) is 17.9. The molecule has 0 fully saturated rings. The number of hydrogen-bond donors (Lipinski definition) is 3. The number of hydrogen-bond acceptors (Lipinski definition) is 2. The lowest BCUT2D eigenvalue weighted by atomic mass is 10.1. The highest BCUT2D eigenvalue weighted by molar-refractivity contribution is 6.44. The van der Waals surface area contributed by atoms with Gasteiger partial charge in [-0.1, -0.05) is 40.9 Å². The summed E-state index contributed by atoms with van der Waals surface area (Å²) in [5, 5.41) is 15.2. The second kappa shape index (κ2) is 7.98. The molecule has 2 amide bonds. The molecule has 3 N–H and O–H groups in total. The molecular weight excluding hydrogens is 385 g/mol. The van der Waals surface area contributed by atoms with Crippen molar-refractivity contribution in [2.75, 3.05) is 11.9 Å². The maximum Gasteiger partial charge on any atom is 0.319 e. The number of amides is 2. The fourth-order valence-electron chi connectivity index (χ4n) is 1.86. The van der Waals surface area contributed by atoms with Crippen molar-refractivity contribution in [2.24, 2.45) is 0 Å². The number of aliphatic hydroxyl groups excluding tert-OH is 1. The lowest BCUT2D eigenvalue weighted by Gasteiger charge is -2.14. The zero-order valence-electron chi connectivity index (χ0n) is 11.9. The first-order valence-electron chi connectivity index (χ1n) is 6.60. The van der Waals surface area contributed by atoms with Gasteiger partial charge < -0.3 is 15.7 Å². The molecule has 9 heteroatoms. The molecule has 0 aliphatic rings. The fourth-order valence-corrected chi connectivity index (χ4v) is 2.45. The Bertz CT molecular complexity index is 775. The summed E-state index contributed by atoms with van der Waals surface area (Å²) in [6.45, 7) is -0.298. The number of carbonyl (C=O) groups is 1. The third-order valence-corrected chi connectivity index (χ3v) is 4.07. The van der Waals surface area contributed by atoms with Crippen LogP contribution in [0.25, 0.3) is 0 Å². The average Bonchev–Trinajstić information content (AvgIpc) is 2.50. The van der Waals surface area contributed by atoms with Crippen LogP contribution in [0.2, 0.25) is 15.1 Å². The predicted molar refractivity (Wildman–Crippen MR) is 89.8 cm³/mol. The van der Waals surface area contributed by atoms with Gasteiger partial charge in [-0.05, 0) is 18.2 Å². The van der Waals surface area contributed by atoms with Crippen molar-refractivity contribution >= 4 is 46.5 Å². The summed E-state index contributed by atoms with van der Waals surface area (Å²) in [6.07, 6.45) is -1.35. The van der Waals surface area contributed by atoms with E-state index < -0.39 is 23.8 Å². The van der Waals surface area contributed by atoms with Crippen LogP contribution in [-0.2, 0) is 0 Å². The lowest BCUT2D eigenvalue weighted by Crippen LogP contribution is -2.32. The van der Waals surface area contributed by atoms with Crippen molar-refractivity contribution in [3.05, 3.63) is 62.6 Å². The minimum absolute atomic E-state index is 0.135. The Balaban J connectivity index is 1.97. The number of halogens is 5. The quantitative estimate of drug-likeness (QED) is 0.652. The van der Waals surface area contributed by atoms with Gasteiger partial charge in [-0.3, -0.25) is 0 Å². The van der Waals surface area contributed by atoms with Gasteiger partial charge in [-0.15, -0.1) is 0 Å². The Kier molecular flexibility index (Phi) is 6.23. The molecule has 2 rings (SSSR count). The maximum absolute atomic E-state index is 13.5. The molecule has 0 unspecified atom stereocenters. The standard InChI is InChI=1S/C15H11Cl3F2N2O2/c16-9-4-11(18)13(5-10(9)17)22-15(24)21-6-14(23)8-2-1-7(19)3-12(8)20/h1-5,14,23H,6H2,(H2,21,22,24)/t14-/m0/s1. The first-order chi connectivity index (χ1) is 11.3. The van der Waals surface area contributed by atoms with Crippen LogP contribution >= 0.6 is 34.8 Å². The highest BCUT2D eigenvalue weighted by Crippen LogP contribution is 2.32. The van der Waals surface area contributed by atoms with Crippen LogP contribution in [-0.4, -0.2) is 17.7 Å². The zero-order valence-corrected chi connectivity index (χ0v) is 14.2. The van der Waals surface area contributed by atoms with Crippen molar-refractivity contribution in [1.82, 2.24) is 5.32 Å². The number of anilines is 1. The van der Waals surface area contributed by atoms with Gasteiger partial charge in [-0.2, -0.15) is 0 Å². The van der Waals surface area contributed by atoms with Gasteiger partial charge in [0.15, 0.2) is 0 Å². The molecule has 0 bridgehead atoms. The van der Waals surface area contributed by atoms with Crippen LogP contribution in [0.3, 0.4) is 0 Å². The molecular formula is C15H11Cl3F2N2O2. The molecule has 0 saturated heterocycles. The van der Waals surface area contributed by atoms with Crippen LogP contribution < -0.4 is 10.6 Å². The van der Waals surface area contributed by atoms with Crippen LogP contribution in [0, 0.1) is 11.6 Å². The number of carbonyl (C=O) groups excluding carboxylic acids is 1. The van der Waals surface area contributed by atoms with E-state index in [1.807, 2.05) is 0 Å². The second-order valence-electron chi connectivity index (χ2n) is 4.76. The number of benzene rings is 2. The smallest absolute Gasteiger partial charge is 0.319 e. The molecule has 4 nitrogen and oxygen atoms in total. The van der Waals surface area contributed by atoms with Crippen LogP contribution in [0.15, 0.2) is 30.3 Å². The lowest BCUT2D eigenvalue weighted by molar-refractivity contribution is 0.170. The van der Waals surface area contributed by atoms with Crippen molar-refractivity contribution in [2.45, 2.75) is 6.10 Å². The van der Waals surface area contributed by atoms with Crippen molar-refractivity contribution < 1.29 is 18.7 Å². The number of rotatable bonds is 4. The molecule has 24 heavy (non-hydrogen) atoms. The molecule has 0 heterocycles. The Hall–Kier alpha value is -1.60. The van der Waals surface area contributed by atoms with Crippen LogP contribution in [0.4, 0.5) is 19.3 Å². The summed E-state index contributed by atoms with van der Waals surface area (Å²) in [5.74, 6) is -1.67. The summed E-state index contributed by atoms with van der Waals surface area (Å²) in [5.41, 5.74) is 0.0790. The van der Waals surface area contributed by atoms with Crippen molar-refractivity contribution in [3.8, 4) is 0 Å². The Morgan fingerprint density at radius 2 is 1.75 bits per heavy atom. The summed E-state index contributed by atoms with van der Waals surface area (Å²) in [7, 11) is 0. The highest BCUT2D eigenvalue weighted by Gasteiger charge is 2.15. The van der Waals surface area contributed by atoms with Gasteiger partial charge in [-0.25, -0.2) is 13.6 Å². The van der Waals surface area contributed by atoms with E-state index in [1.54, 1.807) is 0 Å². The van der Waals surface area contributed by atoms with Gasteiger partial charge in [0.25, 0.3) is 0 Å². The van der Waals surface area contributed by atoms with Crippen molar-refractivity contribution in [3.63, 3.8) is 0 Å². The molecule has 0 aliphatic carbocycles. The van der Waals surface area contributed by atoms with Gasteiger partial charge in [0, 0.05) is 18.2 Å². The van der Waals surface area contributed by atoms with E-state index in [2.05, 4.69) is 10.6 Å². The summed E-state index contributed by atoms with van der Waals surface area (Å²) < 4.78 is 26.4. The largest absolute Gasteiger partial charge is 0.386 e. The first-order valence-corrected chi connectivity index (χ1v) is 7.73. The molecule has 1 atom stereocenters. The third kappa shape index (κ3) is 4.70. The summed E-state index contributed by atoms with van der Waals surface area (Å²) >= 11 is 17.5. The predicted octanol–water partition coefficient (Wildman–Crippen LogP) is 4.78. The van der Waals surface area contributed by atoms with Gasteiger partial charge in [0.05, 0.1) is 26.9 Å². The van der Waals surface area contributed by atoms with Crippen LogP contribution in [0.5, 0.6) is 0 Å². The summed E-state index contributed by atoms with van der Waals surface area (Å²) in [6, 6.07) is 4.79. The second-order valence-corrected chi connectivity index (χ2v) is 5.98. The minimum Gasteiger partial charge on any atom is -0.386 e. The average molecular weight is 396 g/mol. The Morgan fingerprint density at radius 1 is 1.08 bits per heavy atom.